The Morgan fingerprint density at radius 1 is 0.653 bits per heavy atom. The number of imide groups is 3. The van der Waals surface area contributed by atoms with Crippen LogP contribution in [0.25, 0.3) is 0 Å². The molecule has 1 saturated carbocycles. The molecule has 3 heterocycles. The third-order valence-corrected chi connectivity index (χ3v) is 12.8. The number of unbranched alkanes of at least 4 members (excludes halogenated alkanes) is 3. The third-order valence-electron chi connectivity index (χ3n) is 9.37. The second kappa shape index (κ2) is 20.9. The lowest BCUT2D eigenvalue weighted by atomic mass is 9.79. The van der Waals surface area contributed by atoms with Gasteiger partial charge in [-0.2, -0.15) is 11.8 Å². The molecule has 4 fully saturated rings. The molecule has 3 atom stereocenters. The number of ketones is 1. The molecule has 0 bridgehead atoms. The van der Waals surface area contributed by atoms with Crippen LogP contribution >= 0.6 is 35.3 Å². The van der Waals surface area contributed by atoms with Gasteiger partial charge in [-0.05, 0) is 61.2 Å². The molecule has 4 rings (SSSR count). The molecule has 4 aliphatic rings. The van der Waals surface area contributed by atoms with E-state index >= 15 is 0 Å². The van der Waals surface area contributed by atoms with Crippen molar-refractivity contribution in [3.63, 3.8) is 0 Å². The highest BCUT2D eigenvalue weighted by Crippen LogP contribution is 2.34. The Morgan fingerprint density at radius 2 is 1.06 bits per heavy atom. The normalized spacial score (nSPS) is 25.9. The lowest BCUT2D eigenvalue weighted by Crippen LogP contribution is -2.37. The molecule has 3 saturated heterocycles. The highest BCUT2D eigenvalue weighted by atomic mass is 32.2. The van der Waals surface area contributed by atoms with Crippen molar-refractivity contribution in [2.24, 2.45) is 11.8 Å². The molecule has 278 valence electrons. The maximum atomic E-state index is 12.4. The third kappa shape index (κ3) is 12.4. The molecular weight excluding hydrogens is 683 g/mol. The van der Waals surface area contributed by atoms with E-state index in [0.717, 1.165) is 51.4 Å². The predicted octanol–water partition coefficient (Wildman–Crippen LogP) is 5.98. The van der Waals surface area contributed by atoms with Gasteiger partial charge in [-0.15, -0.1) is 23.5 Å². The number of hydrogen-bond acceptors (Lipinski definition) is 10. The fraction of sp³-hybridized carbons (Fsp3) is 0.806. The van der Waals surface area contributed by atoms with Gasteiger partial charge >= 0.3 is 0 Å². The summed E-state index contributed by atoms with van der Waals surface area (Å²) in [5, 5.41) is 0.0616. The van der Waals surface area contributed by atoms with Crippen molar-refractivity contribution in [1.29, 1.82) is 0 Å². The van der Waals surface area contributed by atoms with Crippen molar-refractivity contribution in [2.45, 2.75) is 145 Å². The minimum Gasteiger partial charge on any atom is -0.299 e. The molecule has 3 aliphatic heterocycles. The topological polar surface area (TPSA) is 129 Å². The Balaban J connectivity index is 0.000000338. The minimum atomic E-state index is -0.223. The summed E-state index contributed by atoms with van der Waals surface area (Å²) in [6.45, 7) is 11.6. The average Bonchev–Trinajstić information content (AvgIpc) is 3.58. The summed E-state index contributed by atoms with van der Waals surface area (Å²) in [5.41, 5.74) is 0. The Bertz CT molecular complexity index is 1190. The number of amides is 6. The lowest BCUT2D eigenvalue weighted by molar-refractivity contribution is -0.140. The zero-order valence-corrected chi connectivity index (χ0v) is 32.0. The van der Waals surface area contributed by atoms with Gasteiger partial charge in [-0.3, -0.25) is 48.3 Å². The van der Waals surface area contributed by atoms with Crippen LogP contribution in [0.4, 0.5) is 0 Å². The first kappa shape index (κ1) is 43.3. The molecule has 0 radical (unpaired) electrons. The maximum absolute atomic E-state index is 12.4. The fourth-order valence-electron chi connectivity index (χ4n) is 6.78. The number of hydrogen-bond donors (Lipinski definition) is 0. The molecule has 6 amide bonds. The summed E-state index contributed by atoms with van der Waals surface area (Å²) in [5.74, 6) is 0.660. The molecule has 0 spiro atoms. The van der Waals surface area contributed by atoms with E-state index in [2.05, 4.69) is 13.8 Å². The molecular formula is C36H59N3O7S3. The summed E-state index contributed by atoms with van der Waals surface area (Å²) in [6, 6.07) is 0. The highest BCUT2D eigenvalue weighted by molar-refractivity contribution is 8.01. The first-order valence-electron chi connectivity index (χ1n) is 17.7. The van der Waals surface area contributed by atoms with E-state index in [4.69, 9.17) is 0 Å². The quantitative estimate of drug-likeness (QED) is 0.138. The van der Waals surface area contributed by atoms with Crippen molar-refractivity contribution in [2.75, 3.05) is 25.9 Å². The van der Waals surface area contributed by atoms with Crippen molar-refractivity contribution < 1.29 is 33.6 Å². The number of carbonyl (C=O) groups is 7. The second-order valence-corrected chi connectivity index (χ2v) is 18.4. The van der Waals surface area contributed by atoms with E-state index in [0.29, 0.717) is 67.5 Å². The first-order valence-corrected chi connectivity index (χ1v) is 20.8. The van der Waals surface area contributed by atoms with Crippen molar-refractivity contribution >= 4 is 76.5 Å². The molecule has 10 nitrogen and oxygen atoms in total. The van der Waals surface area contributed by atoms with Gasteiger partial charge in [0.15, 0.2) is 0 Å². The van der Waals surface area contributed by atoms with Crippen LogP contribution in [0.2, 0.25) is 0 Å². The van der Waals surface area contributed by atoms with Crippen LogP contribution in [0.5, 0.6) is 0 Å². The SMILES string of the molecule is C.CCC(=O)C1CCC(CN2C(=O)CC(SC(C)C)C2=O)CC1.CSC1CC(=O)N(CCCCCCN2C(=O)CC(SC(C)C)C2=O)C1=O. The van der Waals surface area contributed by atoms with E-state index in [-0.39, 0.29) is 64.5 Å². The number of Topliss-reactive ketones (excluding diaryl/α,β-unsaturated/α-hetero) is 1. The van der Waals surface area contributed by atoms with Crippen LogP contribution in [0, 0.1) is 11.8 Å². The van der Waals surface area contributed by atoms with Gasteiger partial charge in [-0.25, -0.2) is 0 Å². The van der Waals surface area contributed by atoms with Crippen LogP contribution in [0.1, 0.15) is 119 Å². The lowest BCUT2D eigenvalue weighted by Gasteiger charge is -2.30. The standard InChI is InChI=1S/C18H28N2O4S2.C17H27NO3S.CH4/c1-12(2)26-14-11-16(22)20(18(14)24)9-7-5-4-6-8-19-15(21)10-13(25-3)17(19)23;1-4-14(19)13-7-5-12(6-8-13)10-18-16(20)9-15(17(18)21)22-11(2)3;/h12-14H,4-11H2,1-3H3;11-13,15H,4-10H2,1-3H3;1H4. The van der Waals surface area contributed by atoms with E-state index in [1.165, 1.54) is 26.5 Å². The smallest absolute Gasteiger partial charge is 0.242 e. The molecule has 0 aromatic carbocycles. The summed E-state index contributed by atoms with van der Waals surface area (Å²) in [6.07, 6.45) is 10.5. The van der Waals surface area contributed by atoms with Crippen LogP contribution in [-0.2, 0) is 33.6 Å². The van der Waals surface area contributed by atoms with E-state index in [1.807, 2.05) is 27.0 Å². The van der Waals surface area contributed by atoms with E-state index in [1.54, 1.807) is 23.5 Å². The van der Waals surface area contributed by atoms with Gasteiger partial charge < -0.3 is 0 Å². The van der Waals surface area contributed by atoms with Gasteiger partial charge in [0.2, 0.25) is 35.4 Å². The van der Waals surface area contributed by atoms with Crippen LogP contribution in [0.3, 0.4) is 0 Å². The first-order chi connectivity index (χ1) is 22.8. The van der Waals surface area contributed by atoms with E-state index in [9.17, 15) is 33.6 Å². The average molecular weight is 742 g/mol. The van der Waals surface area contributed by atoms with Crippen molar-refractivity contribution in [1.82, 2.24) is 14.7 Å². The Hall–Kier alpha value is -1.86. The second-order valence-electron chi connectivity index (χ2n) is 13.7. The van der Waals surface area contributed by atoms with Gasteiger partial charge in [0, 0.05) is 51.2 Å². The largest absolute Gasteiger partial charge is 0.299 e. The van der Waals surface area contributed by atoms with E-state index < -0.39 is 0 Å². The van der Waals surface area contributed by atoms with Gasteiger partial charge in [0.1, 0.15) is 5.78 Å². The number of likely N-dealkylation sites (tertiary alicyclic amines) is 3. The fourth-order valence-corrected chi connectivity index (χ4v) is 9.70. The Kier molecular flexibility index (Phi) is 18.4. The van der Waals surface area contributed by atoms with Crippen molar-refractivity contribution in [3.05, 3.63) is 0 Å². The number of nitrogens with zero attached hydrogens (tertiary/aromatic N) is 3. The molecule has 49 heavy (non-hydrogen) atoms. The van der Waals surface area contributed by atoms with Gasteiger partial charge in [0.25, 0.3) is 0 Å². The van der Waals surface area contributed by atoms with Crippen molar-refractivity contribution in [3.8, 4) is 0 Å². The van der Waals surface area contributed by atoms with Crippen LogP contribution in [-0.4, -0.2) is 108 Å². The number of rotatable bonds is 16. The molecule has 0 aromatic rings. The van der Waals surface area contributed by atoms with Gasteiger partial charge in [-0.1, -0.05) is 54.9 Å². The number of thioether (sulfide) groups is 3. The summed E-state index contributed by atoms with van der Waals surface area (Å²) in [4.78, 5) is 88.6. The van der Waals surface area contributed by atoms with Gasteiger partial charge in [0.05, 0.1) is 15.7 Å². The molecule has 0 aromatic heterocycles. The number of carbonyl (C=O) groups excluding carboxylic acids is 7. The maximum Gasteiger partial charge on any atom is 0.242 e. The molecule has 13 heteroatoms. The summed E-state index contributed by atoms with van der Waals surface area (Å²) < 4.78 is 0. The Labute approximate surface area is 306 Å². The zero-order valence-electron chi connectivity index (χ0n) is 29.6. The molecule has 1 aliphatic carbocycles. The summed E-state index contributed by atoms with van der Waals surface area (Å²) in [7, 11) is 0. The van der Waals surface area contributed by atoms with Crippen LogP contribution < -0.4 is 0 Å². The Morgan fingerprint density at radius 3 is 1.47 bits per heavy atom. The molecule has 3 unspecified atom stereocenters. The zero-order chi connectivity index (χ0) is 35.5. The monoisotopic (exact) mass is 741 g/mol. The van der Waals surface area contributed by atoms with Crippen LogP contribution in [0.15, 0.2) is 0 Å². The minimum absolute atomic E-state index is 0. The predicted molar refractivity (Wildman–Crippen MR) is 200 cm³/mol. The summed E-state index contributed by atoms with van der Waals surface area (Å²) >= 11 is 4.58. The highest BCUT2D eigenvalue weighted by Gasteiger charge is 2.41. The molecule has 0 N–H and O–H groups in total.